The van der Waals surface area contributed by atoms with E-state index in [1.807, 2.05) is 23.0 Å². The maximum absolute atomic E-state index is 9.84. The van der Waals surface area contributed by atoms with Crippen molar-refractivity contribution in [1.82, 2.24) is 4.57 Å². The number of halogens is 1. The number of nitrogens with zero attached hydrogens (tertiary/aromatic N) is 1. The quantitative estimate of drug-likeness (QED) is 0.814. The summed E-state index contributed by atoms with van der Waals surface area (Å²) in [5.41, 5.74) is 0.991. The van der Waals surface area contributed by atoms with Gasteiger partial charge in [0.2, 0.25) is 0 Å². The fraction of sp³-hybridized carbons (Fsp3) is 0.455. The Morgan fingerprint density at radius 2 is 2.43 bits per heavy atom. The molecule has 1 saturated carbocycles. The zero-order chi connectivity index (χ0) is 10.1. The van der Waals surface area contributed by atoms with Crippen LogP contribution in [-0.2, 0) is 6.54 Å². The third-order valence-corrected chi connectivity index (χ3v) is 2.66. The minimum absolute atomic E-state index is 0.292. The monoisotopic (exact) mass is 211 g/mol. The largest absolute Gasteiger partial charge is 0.388 e. The number of aromatic nitrogens is 1. The van der Waals surface area contributed by atoms with Gasteiger partial charge < -0.3 is 9.67 Å². The van der Waals surface area contributed by atoms with Gasteiger partial charge in [0.15, 0.2) is 0 Å². The Morgan fingerprint density at radius 3 is 3.00 bits per heavy atom. The van der Waals surface area contributed by atoms with E-state index < -0.39 is 0 Å². The lowest BCUT2D eigenvalue weighted by Crippen LogP contribution is -1.98. The van der Waals surface area contributed by atoms with Gasteiger partial charge in [0.1, 0.15) is 0 Å². The van der Waals surface area contributed by atoms with E-state index in [-0.39, 0.29) is 6.10 Å². The van der Waals surface area contributed by atoms with E-state index in [0.717, 1.165) is 18.4 Å². The Kier molecular flexibility index (Phi) is 2.66. The molecule has 1 fully saturated rings. The average Bonchev–Trinajstić information content (AvgIpc) is 2.86. The smallest absolute Gasteiger partial charge is 0.0832 e. The molecule has 3 heteroatoms. The van der Waals surface area contributed by atoms with E-state index >= 15 is 0 Å². The minimum Gasteiger partial charge on any atom is -0.388 e. The number of aliphatic hydroxyl groups excluding tert-OH is 1. The Labute approximate surface area is 88.8 Å². The van der Waals surface area contributed by atoms with E-state index in [1.54, 1.807) is 0 Å². The van der Waals surface area contributed by atoms with Gasteiger partial charge in [0.25, 0.3) is 0 Å². The molecule has 0 aliphatic heterocycles. The number of rotatable bonds is 4. The highest BCUT2D eigenvalue weighted by molar-refractivity contribution is 6.29. The highest BCUT2D eigenvalue weighted by Gasteiger charge is 2.31. The summed E-state index contributed by atoms with van der Waals surface area (Å²) in [6.07, 6.45) is 5.87. The van der Waals surface area contributed by atoms with Gasteiger partial charge in [-0.2, -0.15) is 0 Å². The van der Waals surface area contributed by atoms with Crippen molar-refractivity contribution in [3.8, 4) is 0 Å². The summed E-state index contributed by atoms with van der Waals surface area (Å²) < 4.78 is 1.94. The van der Waals surface area contributed by atoms with E-state index in [2.05, 4.69) is 6.58 Å². The van der Waals surface area contributed by atoms with E-state index in [0.29, 0.717) is 17.5 Å². The second-order valence-electron chi connectivity index (χ2n) is 3.92. The summed E-state index contributed by atoms with van der Waals surface area (Å²) in [7, 11) is 0. The predicted molar refractivity (Wildman–Crippen MR) is 57.1 cm³/mol. The molecule has 1 unspecified atom stereocenters. The molecular formula is C11H14ClNO. The van der Waals surface area contributed by atoms with Gasteiger partial charge in [0, 0.05) is 17.4 Å². The van der Waals surface area contributed by atoms with Gasteiger partial charge in [-0.05, 0) is 30.4 Å². The molecule has 1 aromatic heterocycles. The zero-order valence-corrected chi connectivity index (χ0v) is 8.74. The molecule has 1 atom stereocenters. The summed E-state index contributed by atoms with van der Waals surface area (Å²) in [4.78, 5) is 0. The van der Waals surface area contributed by atoms with Crippen molar-refractivity contribution in [2.45, 2.75) is 25.5 Å². The third-order valence-electron chi connectivity index (χ3n) is 2.54. The number of hydrogen-bond donors (Lipinski definition) is 1. The molecule has 1 aromatic rings. The normalized spacial score (nSPS) is 18.1. The molecular weight excluding hydrogens is 198 g/mol. The van der Waals surface area contributed by atoms with E-state index in [9.17, 15) is 5.11 Å². The Hall–Kier alpha value is -0.730. The summed E-state index contributed by atoms with van der Waals surface area (Å²) in [6, 6.07) is 1.95. The maximum atomic E-state index is 9.84. The molecule has 0 aromatic carbocycles. The van der Waals surface area contributed by atoms with Crippen molar-refractivity contribution < 1.29 is 5.11 Å². The Balaban J connectivity index is 2.04. The van der Waals surface area contributed by atoms with Gasteiger partial charge >= 0.3 is 0 Å². The third kappa shape index (κ3) is 2.20. The van der Waals surface area contributed by atoms with Crippen molar-refractivity contribution in [2.75, 3.05) is 0 Å². The Morgan fingerprint density at radius 1 is 1.71 bits per heavy atom. The van der Waals surface area contributed by atoms with E-state index in [4.69, 9.17) is 11.6 Å². The van der Waals surface area contributed by atoms with Gasteiger partial charge in [-0.25, -0.2) is 0 Å². The SMILES string of the molecule is C=C(Cl)Cn1ccc(C(O)C2CC2)c1. The lowest BCUT2D eigenvalue weighted by atomic mass is 10.1. The highest BCUT2D eigenvalue weighted by Crippen LogP contribution is 2.40. The first-order valence-corrected chi connectivity index (χ1v) is 5.21. The van der Waals surface area contributed by atoms with Gasteiger partial charge in [-0.1, -0.05) is 18.2 Å². The van der Waals surface area contributed by atoms with Crippen molar-refractivity contribution in [2.24, 2.45) is 5.92 Å². The molecule has 2 rings (SSSR count). The van der Waals surface area contributed by atoms with Crippen LogP contribution >= 0.6 is 11.6 Å². The molecule has 2 nitrogen and oxygen atoms in total. The van der Waals surface area contributed by atoms with Crippen molar-refractivity contribution in [1.29, 1.82) is 0 Å². The molecule has 0 saturated heterocycles. The van der Waals surface area contributed by atoms with Gasteiger partial charge in [0.05, 0.1) is 12.6 Å². The lowest BCUT2D eigenvalue weighted by molar-refractivity contribution is 0.154. The van der Waals surface area contributed by atoms with Crippen LogP contribution in [-0.4, -0.2) is 9.67 Å². The fourth-order valence-electron chi connectivity index (χ4n) is 1.61. The number of aliphatic hydroxyl groups is 1. The molecule has 1 aliphatic rings. The van der Waals surface area contributed by atoms with Crippen LogP contribution in [0.2, 0.25) is 0 Å². The van der Waals surface area contributed by atoms with Crippen molar-refractivity contribution in [3.05, 3.63) is 35.6 Å². The molecule has 0 bridgehead atoms. The Bertz CT molecular complexity index is 341. The number of allylic oxidation sites excluding steroid dienone is 1. The van der Waals surface area contributed by atoms with Crippen LogP contribution < -0.4 is 0 Å². The zero-order valence-electron chi connectivity index (χ0n) is 7.99. The van der Waals surface area contributed by atoms with Crippen LogP contribution in [0, 0.1) is 5.92 Å². The van der Waals surface area contributed by atoms with Crippen LogP contribution in [0.4, 0.5) is 0 Å². The summed E-state index contributed by atoms with van der Waals surface area (Å²) in [5, 5.41) is 10.4. The second-order valence-corrected chi connectivity index (χ2v) is 4.45. The van der Waals surface area contributed by atoms with Crippen LogP contribution in [0.25, 0.3) is 0 Å². The molecule has 1 N–H and O–H groups in total. The van der Waals surface area contributed by atoms with E-state index in [1.165, 1.54) is 0 Å². The highest BCUT2D eigenvalue weighted by atomic mass is 35.5. The first-order valence-electron chi connectivity index (χ1n) is 4.84. The second kappa shape index (κ2) is 3.79. The molecule has 76 valence electrons. The molecule has 14 heavy (non-hydrogen) atoms. The van der Waals surface area contributed by atoms with Crippen LogP contribution in [0.5, 0.6) is 0 Å². The minimum atomic E-state index is -0.292. The average molecular weight is 212 g/mol. The topological polar surface area (TPSA) is 25.2 Å². The standard InChI is InChI=1S/C11H14ClNO/c1-8(12)6-13-5-4-10(7-13)11(14)9-2-3-9/h4-5,7,9,11,14H,1-3,6H2. The van der Waals surface area contributed by atoms with Crippen LogP contribution in [0.1, 0.15) is 24.5 Å². The maximum Gasteiger partial charge on any atom is 0.0832 e. The molecule has 0 amide bonds. The van der Waals surface area contributed by atoms with Crippen molar-refractivity contribution in [3.63, 3.8) is 0 Å². The molecule has 0 spiro atoms. The van der Waals surface area contributed by atoms with Crippen molar-refractivity contribution >= 4 is 11.6 Å². The summed E-state index contributed by atoms with van der Waals surface area (Å²) in [6.45, 7) is 4.24. The fourth-order valence-corrected chi connectivity index (χ4v) is 1.75. The predicted octanol–water partition coefficient (Wildman–Crippen LogP) is 2.68. The molecule has 0 radical (unpaired) electrons. The first kappa shape index (κ1) is 9.81. The molecule has 1 heterocycles. The number of hydrogen-bond acceptors (Lipinski definition) is 1. The van der Waals surface area contributed by atoms with Gasteiger partial charge in [-0.3, -0.25) is 0 Å². The molecule has 1 aliphatic carbocycles. The summed E-state index contributed by atoms with van der Waals surface area (Å²) in [5.74, 6) is 0.477. The van der Waals surface area contributed by atoms with Crippen LogP contribution in [0.15, 0.2) is 30.1 Å². The first-order chi connectivity index (χ1) is 6.66. The van der Waals surface area contributed by atoms with Crippen LogP contribution in [0.3, 0.4) is 0 Å². The van der Waals surface area contributed by atoms with Gasteiger partial charge in [-0.15, -0.1) is 0 Å². The lowest BCUT2D eigenvalue weighted by Gasteiger charge is -2.05. The summed E-state index contributed by atoms with van der Waals surface area (Å²) >= 11 is 5.70.